The number of ether oxygens (including phenoxy) is 1. The number of rotatable bonds is 5. The first kappa shape index (κ1) is 16.8. The van der Waals surface area contributed by atoms with E-state index in [4.69, 9.17) is 4.74 Å². The predicted molar refractivity (Wildman–Crippen MR) is 96.1 cm³/mol. The zero-order chi connectivity index (χ0) is 18.8. The third-order valence-corrected chi connectivity index (χ3v) is 4.35. The standard InChI is InChI=1S/C18H18N6O3/c1-27-12-6-4-11(5-7-12)14-9-16(22-20-14)18(26)24-23-17(25)15-8-13(19-21-15)10-2-3-10/h4-10H,2-3H2,1H3,(H,19,21)(H,20,22)(H,23,25)(H,24,26). The van der Waals surface area contributed by atoms with Crippen LogP contribution in [0.15, 0.2) is 36.4 Å². The third kappa shape index (κ3) is 3.66. The topological polar surface area (TPSA) is 125 Å². The van der Waals surface area contributed by atoms with Crippen LogP contribution in [0.3, 0.4) is 0 Å². The molecule has 1 saturated carbocycles. The van der Waals surface area contributed by atoms with E-state index in [0.29, 0.717) is 11.6 Å². The van der Waals surface area contributed by atoms with Gasteiger partial charge >= 0.3 is 0 Å². The number of carbonyl (C=O) groups is 2. The highest BCUT2D eigenvalue weighted by molar-refractivity contribution is 5.97. The molecule has 0 radical (unpaired) electrons. The van der Waals surface area contributed by atoms with Crippen LogP contribution in [0.25, 0.3) is 11.3 Å². The van der Waals surface area contributed by atoms with Crippen molar-refractivity contribution in [2.24, 2.45) is 0 Å². The van der Waals surface area contributed by atoms with Crippen molar-refractivity contribution in [3.63, 3.8) is 0 Å². The highest BCUT2D eigenvalue weighted by Crippen LogP contribution is 2.38. The Bertz CT molecular complexity index is 971. The monoisotopic (exact) mass is 366 g/mol. The van der Waals surface area contributed by atoms with Crippen molar-refractivity contribution in [2.75, 3.05) is 7.11 Å². The Labute approximate surface area is 154 Å². The van der Waals surface area contributed by atoms with Gasteiger partial charge in [-0.15, -0.1) is 0 Å². The van der Waals surface area contributed by atoms with E-state index < -0.39 is 11.8 Å². The van der Waals surface area contributed by atoms with Crippen molar-refractivity contribution >= 4 is 11.8 Å². The fourth-order valence-corrected chi connectivity index (χ4v) is 2.65. The van der Waals surface area contributed by atoms with E-state index in [9.17, 15) is 9.59 Å². The van der Waals surface area contributed by atoms with Gasteiger partial charge in [0.25, 0.3) is 11.8 Å². The molecule has 0 saturated heterocycles. The van der Waals surface area contributed by atoms with Crippen LogP contribution in [0.4, 0.5) is 0 Å². The van der Waals surface area contributed by atoms with Gasteiger partial charge in [-0.25, -0.2) is 0 Å². The van der Waals surface area contributed by atoms with E-state index in [2.05, 4.69) is 31.2 Å². The maximum Gasteiger partial charge on any atom is 0.290 e. The minimum atomic E-state index is -0.506. The van der Waals surface area contributed by atoms with Crippen molar-refractivity contribution < 1.29 is 14.3 Å². The zero-order valence-corrected chi connectivity index (χ0v) is 14.6. The first-order valence-corrected chi connectivity index (χ1v) is 8.50. The molecule has 4 rings (SSSR count). The number of nitrogens with zero attached hydrogens (tertiary/aromatic N) is 2. The minimum absolute atomic E-state index is 0.224. The Morgan fingerprint density at radius 2 is 1.78 bits per heavy atom. The van der Waals surface area contributed by atoms with Gasteiger partial charge in [0.15, 0.2) is 5.69 Å². The predicted octanol–water partition coefficient (Wildman–Crippen LogP) is 1.76. The molecule has 0 atom stereocenters. The summed E-state index contributed by atoms with van der Waals surface area (Å²) in [4.78, 5) is 24.3. The van der Waals surface area contributed by atoms with Gasteiger partial charge in [0.1, 0.15) is 11.4 Å². The molecule has 0 spiro atoms. The molecule has 3 aromatic rings. The Kier molecular flexibility index (Phi) is 4.33. The first-order valence-electron chi connectivity index (χ1n) is 8.50. The van der Waals surface area contributed by atoms with Gasteiger partial charge in [0.05, 0.1) is 12.8 Å². The number of aromatic amines is 2. The van der Waals surface area contributed by atoms with Gasteiger partial charge in [-0.3, -0.25) is 30.6 Å². The van der Waals surface area contributed by atoms with Crippen LogP contribution in [0.2, 0.25) is 0 Å². The summed E-state index contributed by atoms with van der Waals surface area (Å²) in [7, 11) is 1.59. The maximum atomic E-state index is 12.2. The summed E-state index contributed by atoms with van der Waals surface area (Å²) >= 11 is 0. The normalized spacial score (nSPS) is 13.2. The van der Waals surface area contributed by atoms with E-state index in [-0.39, 0.29) is 11.4 Å². The molecule has 1 aliphatic carbocycles. The highest BCUT2D eigenvalue weighted by Gasteiger charge is 2.26. The van der Waals surface area contributed by atoms with Crippen molar-refractivity contribution in [2.45, 2.75) is 18.8 Å². The van der Waals surface area contributed by atoms with Gasteiger partial charge < -0.3 is 4.74 Å². The molecule has 27 heavy (non-hydrogen) atoms. The van der Waals surface area contributed by atoms with Crippen molar-refractivity contribution in [1.29, 1.82) is 0 Å². The molecule has 2 aromatic heterocycles. The van der Waals surface area contributed by atoms with E-state index in [1.54, 1.807) is 19.2 Å². The number of hydrogen-bond acceptors (Lipinski definition) is 5. The molecule has 0 unspecified atom stereocenters. The molecule has 1 aromatic carbocycles. The van der Waals surface area contributed by atoms with Gasteiger partial charge in [-0.2, -0.15) is 10.2 Å². The Morgan fingerprint density at radius 3 is 2.48 bits per heavy atom. The zero-order valence-electron chi connectivity index (χ0n) is 14.6. The Hall–Kier alpha value is -3.62. The SMILES string of the molecule is COc1ccc(-c2cc(C(=O)NNC(=O)c3cc(C4CC4)[nH]n3)[nH]n2)cc1. The summed E-state index contributed by atoms with van der Waals surface area (Å²) in [5, 5.41) is 13.6. The lowest BCUT2D eigenvalue weighted by Gasteiger charge is -2.03. The van der Waals surface area contributed by atoms with Gasteiger partial charge in [0.2, 0.25) is 0 Å². The average molecular weight is 366 g/mol. The lowest BCUT2D eigenvalue weighted by Crippen LogP contribution is -2.41. The van der Waals surface area contributed by atoms with Crippen LogP contribution >= 0.6 is 0 Å². The maximum absolute atomic E-state index is 12.2. The number of amides is 2. The Morgan fingerprint density at radius 1 is 1.04 bits per heavy atom. The highest BCUT2D eigenvalue weighted by atomic mass is 16.5. The van der Waals surface area contributed by atoms with Crippen molar-refractivity contribution in [3.8, 4) is 17.0 Å². The van der Waals surface area contributed by atoms with Crippen molar-refractivity contribution in [3.05, 3.63) is 53.5 Å². The summed E-state index contributed by atoms with van der Waals surface area (Å²) in [5.74, 6) is 0.211. The largest absolute Gasteiger partial charge is 0.497 e. The first-order chi connectivity index (χ1) is 13.1. The number of carbonyl (C=O) groups excluding carboxylic acids is 2. The van der Waals surface area contributed by atoms with Crippen LogP contribution in [-0.2, 0) is 0 Å². The second-order valence-electron chi connectivity index (χ2n) is 6.29. The van der Waals surface area contributed by atoms with Gasteiger partial charge in [-0.05, 0) is 49.2 Å². The summed E-state index contributed by atoms with van der Waals surface area (Å²) in [6, 6.07) is 10.6. The number of hydrazine groups is 1. The quantitative estimate of drug-likeness (QED) is 0.512. The van der Waals surface area contributed by atoms with E-state index in [0.717, 1.165) is 29.8 Å². The Balaban J connectivity index is 1.36. The van der Waals surface area contributed by atoms with E-state index in [1.807, 2.05) is 24.3 Å². The van der Waals surface area contributed by atoms with Gasteiger partial charge in [-0.1, -0.05) is 0 Å². The molecule has 1 fully saturated rings. The summed E-state index contributed by atoms with van der Waals surface area (Å²) in [6.45, 7) is 0. The van der Waals surface area contributed by atoms with Crippen LogP contribution in [-0.4, -0.2) is 39.3 Å². The van der Waals surface area contributed by atoms with E-state index >= 15 is 0 Å². The molecular formula is C18H18N6O3. The summed E-state index contributed by atoms with van der Waals surface area (Å²) < 4.78 is 5.12. The van der Waals surface area contributed by atoms with E-state index in [1.165, 1.54) is 0 Å². The number of benzene rings is 1. The second-order valence-corrected chi connectivity index (χ2v) is 6.29. The number of hydrogen-bond donors (Lipinski definition) is 4. The fourth-order valence-electron chi connectivity index (χ4n) is 2.65. The van der Waals surface area contributed by atoms with Crippen LogP contribution in [0.5, 0.6) is 5.75 Å². The minimum Gasteiger partial charge on any atom is -0.497 e. The molecular weight excluding hydrogens is 348 g/mol. The number of nitrogens with one attached hydrogen (secondary N) is 4. The summed E-state index contributed by atoms with van der Waals surface area (Å²) in [5.41, 5.74) is 7.55. The number of methoxy groups -OCH3 is 1. The second kappa shape index (κ2) is 6.94. The molecule has 9 nitrogen and oxygen atoms in total. The van der Waals surface area contributed by atoms with Crippen LogP contribution in [0.1, 0.15) is 45.4 Å². The lowest BCUT2D eigenvalue weighted by molar-refractivity contribution is 0.0841. The van der Waals surface area contributed by atoms with Crippen molar-refractivity contribution in [1.82, 2.24) is 31.2 Å². The molecule has 2 heterocycles. The van der Waals surface area contributed by atoms with Crippen LogP contribution in [0, 0.1) is 0 Å². The molecule has 138 valence electrons. The molecule has 2 amide bonds. The molecule has 4 N–H and O–H groups in total. The fraction of sp³-hybridized carbons (Fsp3) is 0.222. The molecule has 0 aliphatic heterocycles. The lowest BCUT2D eigenvalue weighted by atomic mass is 10.1. The number of H-pyrrole nitrogens is 2. The van der Waals surface area contributed by atoms with Gasteiger partial charge in [0, 0.05) is 17.2 Å². The van der Waals surface area contributed by atoms with Crippen LogP contribution < -0.4 is 15.6 Å². The molecule has 9 heteroatoms. The number of aromatic nitrogens is 4. The molecule has 0 bridgehead atoms. The summed E-state index contributed by atoms with van der Waals surface area (Å²) in [6.07, 6.45) is 2.21. The molecule has 1 aliphatic rings. The average Bonchev–Trinajstić information content (AvgIpc) is 3.22. The third-order valence-electron chi connectivity index (χ3n) is 4.35. The smallest absolute Gasteiger partial charge is 0.290 e.